The summed E-state index contributed by atoms with van der Waals surface area (Å²) in [4.78, 5) is 4.64. The van der Waals surface area contributed by atoms with E-state index in [1.54, 1.807) is 7.11 Å². The average Bonchev–Trinajstić information content (AvgIpc) is 2.73. The van der Waals surface area contributed by atoms with Crippen molar-refractivity contribution in [2.75, 3.05) is 53.5 Å². The molecule has 2 fully saturated rings. The standard InChI is InChI=1S/C24H41N3O3/c1-26-12-14-27(15-13-26)18-22(28)19-30-24-16-23(29-2)11-10-20(24)17-25-21-8-6-4-3-5-7-9-21/h10-11,16,21-22,25,28H,3-9,12-15,17-19H2,1-2H3/t22-/m0/s1. The minimum Gasteiger partial charge on any atom is -0.497 e. The SMILES string of the molecule is COc1ccc(CNC2CCCCCCC2)c(OC[C@@H](O)CN2CCN(C)CC2)c1. The van der Waals surface area contributed by atoms with E-state index in [2.05, 4.69) is 28.2 Å². The van der Waals surface area contributed by atoms with E-state index in [1.165, 1.54) is 44.9 Å². The van der Waals surface area contributed by atoms with E-state index in [0.717, 1.165) is 49.8 Å². The summed E-state index contributed by atoms with van der Waals surface area (Å²) >= 11 is 0. The van der Waals surface area contributed by atoms with Crippen LogP contribution in [0, 0.1) is 0 Å². The predicted octanol–water partition coefficient (Wildman–Crippen LogP) is 2.88. The minimum atomic E-state index is -0.494. The molecule has 30 heavy (non-hydrogen) atoms. The Morgan fingerprint density at radius 3 is 2.47 bits per heavy atom. The van der Waals surface area contributed by atoms with Crippen molar-refractivity contribution in [2.45, 2.75) is 63.6 Å². The number of methoxy groups -OCH3 is 1. The van der Waals surface area contributed by atoms with Crippen LogP contribution in [0.1, 0.15) is 50.5 Å². The molecule has 1 heterocycles. The number of aliphatic hydroxyl groups is 1. The Balaban J connectivity index is 1.52. The van der Waals surface area contributed by atoms with Gasteiger partial charge in [-0.2, -0.15) is 0 Å². The molecule has 3 rings (SSSR count). The molecule has 2 N–H and O–H groups in total. The molecule has 1 saturated heterocycles. The highest BCUT2D eigenvalue weighted by Crippen LogP contribution is 2.26. The fourth-order valence-electron chi connectivity index (χ4n) is 4.42. The minimum absolute atomic E-state index is 0.302. The van der Waals surface area contributed by atoms with Crippen LogP contribution in [0.15, 0.2) is 18.2 Å². The first-order chi connectivity index (χ1) is 14.6. The molecule has 1 aromatic rings. The first-order valence-corrected chi connectivity index (χ1v) is 11.8. The zero-order chi connectivity index (χ0) is 21.2. The van der Waals surface area contributed by atoms with Crippen LogP contribution < -0.4 is 14.8 Å². The monoisotopic (exact) mass is 419 g/mol. The Morgan fingerprint density at radius 2 is 1.77 bits per heavy atom. The summed E-state index contributed by atoms with van der Waals surface area (Å²) in [6.07, 6.45) is 8.78. The molecule has 6 heteroatoms. The Bertz CT molecular complexity index is 612. The van der Waals surface area contributed by atoms with Gasteiger partial charge in [-0.1, -0.05) is 38.2 Å². The molecule has 1 saturated carbocycles. The Hall–Kier alpha value is -1.34. The molecule has 1 aromatic carbocycles. The zero-order valence-electron chi connectivity index (χ0n) is 18.9. The molecule has 1 aliphatic carbocycles. The van der Waals surface area contributed by atoms with Crippen LogP contribution in [0.3, 0.4) is 0 Å². The number of aliphatic hydroxyl groups excluding tert-OH is 1. The molecule has 0 radical (unpaired) electrons. The van der Waals surface area contributed by atoms with Gasteiger partial charge in [0, 0.05) is 56.9 Å². The van der Waals surface area contributed by atoms with Crippen LogP contribution in [-0.2, 0) is 6.54 Å². The topological polar surface area (TPSA) is 57.2 Å². The second-order valence-corrected chi connectivity index (χ2v) is 8.97. The molecule has 0 unspecified atom stereocenters. The number of ether oxygens (including phenoxy) is 2. The maximum atomic E-state index is 10.5. The fraction of sp³-hybridized carbons (Fsp3) is 0.750. The highest BCUT2D eigenvalue weighted by molar-refractivity contribution is 5.40. The second-order valence-electron chi connectivity index (χ2n) is 8.97. The summed E-state index contributed by atoms with van der Waals surface area (Å²) in [5.41, 5.74) is 1.13. The molecule has 0 spiro atoms. The predicted molar refractivity (Wildman–Crippen MR) is 121 cm³/mol. The summed E-state index contributed by atoms with van der Waals surface area (Å²) in [6, 6.07) is 6.60. The van der Waals surface area contributed by atoms with Gasteiger partial charge in [0.2, 0.25) is 0 Å². The summed E-state index contributed by atoms with van der Waals surface area (Å²) in [5.74, 6) is 1.60. The van der Waals surface area contributed by atoms with Crippen molar-refractivity contribution < 1.29 is 14.6 Å². The lowest BCUT2D eigenvalue weighted by Gasteiger charge is -2.33. The van der Waals surface area contributed by atoms with E-state index in [9.17, 15) is 5.11 Å². The number of nitrogens with one attached hydrogen (secondary N) is 1. The number of benzene rings is 1. The first kappa shape index (κ1) is 23.3. The van der Waals surface area contributed by atoms with Crippen LogP contribution in [-0.4, -0.2) is 80.5 Å². The quantitative estimate of drug-likeness (QED) is 0.642. The van der Waals surface area contributed by atoms with Crippen molar-refractivity contribution in [1.82, 2.24) is 15.1 Å². The van der Waals surface area contributed by atoms with E-state index in [4.69, 9.17) is 9.47 Å². The van der Waals surface area contributed by atoms with Crippen molar-refractivity contribution >= 4 is 0 Å². The summed E-state index contributed by atoms with van der Waals surface area (Å²) < 4.78 is 11.5. The van der Waals surface area contributed by atoms with Gasteiger partial charge in [0.15, 0.2) is 0 Å². The Kier molecular flexibility index (Phi) is 9.72. The molecule has 0 bridgehead atoms. The van der Waals surface area contributed by atoms with E-state index >= 15 is 0 Å². The third-order valence-electron chi connectivity index (χ3n) is 6.46. The van der Waals surface area contributed by atoms with Crippen molar-refractivity contribution in [2.24, 2.45) is 0 Å². The number of hydrogen-bond acceptors (Lipinski definition) is 6. The number of piperazine rings is 1. The largest absolute Gasteiger partial charge is 0.497 e. The van der Waals surface area contributed by atoms with E-state index in [0.29, 0.717) is 19.2 Å². The lowest BCUT2D eigenvalue weighted by Crippen LogP contribution is -2.47. The number of hydrogen-bond donors (Lipinski definition) is 2. The molecule has 1 aliphatic heterocycles. The molecule has 2 aliphatic rings. The average molecular weight is 420 g/mol. The third-order valence-corrected chi connectivity index (χ3v) is 6.46. The summed E-state index contributed by atoms with van der Waals surface area (Å²) in [6.45, 7) is 5.87. The Labute approximate surface area is 182 Å². The fourth-order valence-corrected chi connectivity index (χ4v) is 4.42. The highest BCUT2D eigenvalue weighted by Gasteiger charge is 2.18. The highest BCUT2D eigenvalue weighted by atomic mass is 16.5. The summed E-state index contributed by atoms with van der Waals surface area (Å²) in [7, 11) is 3.82. The number of rotatable bonds is 9. The van der Waals surface area contributed by atoms with Gasteiger partial charge in [0.1, 0.15) is 24.2 Å². The second kappa shape index (κ2) is 12.5. The number of likely N-dealkylation sites (N-methyl/N-ethyl adjacent to an activating group) is 1. The van der Waals surface area contributed by atoms with Crippen molar-refractivity contribution in [3.8, 4) is 11.5 Å². The van der Waals surface area contributed by atoms with Gasteiger partial charge >= 0.3 is 0 Å². The van der Waals surface area contributed by atoms with Crippen LogP contribution in [0.25, 0.3) is 0 Å². The van der Waals surface area contributed by atoms with Crippen LogP contribution in [0.5, 0.6) is 11.5 Å². The third kappa shape index (κ3) is 7.73. The van der Waals surface area contributed by atoms with Crippen LogP contribution in [0.4, 0.5) is 0 Å². The van der Waals surface area contributed by atoms with Crippen molar-refractivity contribution in [3.63, 3.8) is 0 Å². The van der Waals surface area contributed by atoms with Gasteiger partial charge in [-0.15, -0.1) is 0 Å². The van der Waals surface area contributed by atoms with Gasteiger partial charge < -0.3 is 24.8 Å². The zero-order valence-corrected chi connectivity index (χ0v) is 18.9. The van der Waals surface area contributed by atoms with Crippen LogP contribution >= 0.6 is 0 Å². The summed E-state index contributed by atoms with van der Waals surface area (Å²) in [5, 5.41) is 14.3. The molecule has 6 nitrogen and oxygen atoms in total. The van der Waals surface area contributed by atoms with Crippen molar-refractivity contribution in [1.29, 1.82) is 0 Å². The van der Waals surface area contributed by atoms with Gasteiger partial charge in [0.25, 0.3) is 0 Å². The van der Waals surface area contributed by atoms with Gasteiger partial charge in [0.05, 0.1) is 7.11 Å². The first-order valence-electron chi connectivity index (χ1n) is 11.8. The maximum absolute atomic E-state index is 10.5. The maximum Gasteiger partial charge on any atom is 0.127 e. The lowest BCUT2D eigenvalue weighted by atomic mass is 9.96. The van der Waals surface area contributed by atoms with E-state index < -0.39 is 6.10 Å². The van der Waals surface area contributed by atoms with E-state index in [-0.39, 0.29) is 0 Å². The smallest absolute Gasteiger partial charge is 0.127 e. The normalized spacial score (nSPS) is 21.0. The molecular weight excluding hydrogens is 378 g/mol. The van der Waals surface area contributed by atoms with Gasteiger partial charge in [-0.25, -0.2) is 0 Å². The van der Waals surface area contributed by atoms with Crippen LogP contribution in [0.2, 0.25) is 0 Å². The molecule has 1 atom stereocenters. The molecule has 0 aromatic heterocycles. The van der Waals surface area contributed by atoms with Gasteiger partial charge in [-0.3, -0.25) is 4.90 Å². The number of β-amino-alcohol motifs (C(OH)–C–C–N with tert-alkyl or cyclic N) is 1. The molecular formula is C24H41N3O3. The van der Waals surface area contributed by atoms with E-state index in [1.807, 2.05) is 12.1 Å². The Morgan fingerprint density at radius 1 is 1.07 bits per heavy atom. The van der Waals surface area contributed by atoms with Crippen molar-refractivity contribution in [3.05, 3.63) is 23.8 Å². The van der Waals surface area contributed by atoms with Gasteiger partial charge in [-0.05, 0) is 26.0 Å². The molecule has 170 valence electrons. The lowest BCUT2D eigenvalue weighted by molar-refractivity contribution is 0.0501. The molecule has 0 amide bonds. The number of nitrogens with zero attached hydrogens (tertiary/aromatic N) is 2.